The number of pyridine rings is 1. The molecule has 1 N–H and O–H groups in total. The van der Waals surface area contributed by atoms with Crippen LogP contribution in [0, 0.1) is 6.92 Å². The van der Waals surface area contributed by atoms with Crippen LogP contribution < -0.4 is 0 Å². The number of benzene rings is 1. The highest BCUT2D eigenvalue weighted by atomic mass is 35.5. The van der Waals surface area contributed by atoms with Gasteiger partial charge in [0.2, 0.25) is 0 Å². The molecule has 0 saturated carbocycles. The number of aromatic nitrogens is 3. The maximum Gasteiger partial charge on any atom is 0.178 e. The van der Waals surface area contributed by atoms with Gasteiger partial charge in [0, 0.05) is 11.8 Å². The van der Waals surface area contributed by atoms with E-state index in [1.165, 1.54) is 0 Å². The Labute approximate surface area is 114 Å². The van der Waals surface area contributed by atoms with E-state index in [0.29, 0.717) is 21.5 Å². The highest BCUT2D eigenvalue weighted by molar-refractivity contribution is 6.43. The Kier molecular flexibility index (Phi) is 2.73. The van der Waals surface area contributed by atoms with Crippen LogP contribution in [-0.4, -0.2) is 15.0 Å². The Morgan fingerprint density at radius 2 is 2.00 bits per heavy atom. The summed E-state index contributed by atoms with van der Waals surface area (Å²) in [4.78, 5) is 11.9. The molecule has 0 bridgehead atoms. The highest BCUT2D eigenvalue weighted by Crippen LogP contribution is 2.32. The number of hydrogen-bond donors (Lipinski definition) is 1. The fourth-order valence-corrected chi connectivity index (χ4v) is 2.24. The molecule has 2 aromatic heterocycles. The van der Waals surface area contributed by atoms with E-state index in [2.05, 4.69) is 15.0 Å². The van der Waals surface area contributed by atoms with Crippen molar-refractivity contribution in [2.45, 2.75) is 6.92 Å². The summed E-state index contributed by atoms with van der Waals surface area (Å²) in [5.74, 6) is 0.680. The van der Waals surface area contributed by atoms with Gasteiger partial charge in [0.15, 0.2) is 5.65 Å². The third-order valence-corrected chi connectivity index (χ3v) is 3.63. The molecule has 90 valence electrons. The lowest BCUT2D eigenvalue weighted by molar-refractivity contribution is 1.30. The second-order valence-electron chi connectivity index (χ2n) is 4.01. The third kappa shape index (κ3) is 1.76. The molecule has 2 heterocycles. The van der Waals surface area contributed by atoms with Crippen molar-refractivity contribution in [2.75, 3.05) is 0 Å². The summed E-state index contributed by atoms with van der Waals surface area (Å²) in [6.45, 7) is 2.01. The minimum atomic E-state index is 0.496. The minimum Gasteiger partial charge on any atom is -0.336 e. The molecule has 0 saturated heterocycles. The van der Waals surface area contributed by atoms with Crippen LogP contribution in [0.15, 0.2) is 30.5 Å². The molecule has 1 aromatic carbocycles. The molecule has 3 rings (SSSR count). The lowest BCUT2D eigenvalue weighted by Crippen LogP contribution is -1.82. The van der Waals surface area contributed by atoms with Crippen molar-refractivity contribution in [3.63, 3.8) is 0 Å². The molecule has 0 radical (unpaired) electrons. The van der Waals surface area contributed by atoms with E-state index in [0.717, 1.165) is 16.6 Å². The number of nitrogens with zero attached hydrogens (tertiary/aromatic N) is 2. The molecule has 5 heteroatoms. The molecule has 3 nitrogen and oxygen atoms in total. The maximum atomic E-state index is 6.18. The Bertz CT molecular complexity index is 734. The minimum absolute atomic E-state index is 0.496. The van der Waals surface area contributed by atoms with Gasteiger partial charge in [-0.05, 0) is 30.7 Å². The summed E-state index contributed by atoms with van der Waals surface area (Å²) in [6.07, 6.45) is 1.74. The van der Waals surface area contributed by atoms with E-state index in [-0.39, 0.29) is 0 Å². The van der Waals surface area contributed by atoms with Crippen LogP contribution in [0.4, 0.5) is 0 Å². The molecule has 0 aliphatic rings. The first kappa shape index (κ1) is 11.5. The van der Waals surface area contributed by atoms with Crippen LogP contribution in [0.3, 0.4) is 0 Å². The lowest BCUT2D eigenvalue weighted by atomic mass is 10.2. The number of hydrogen-bond acceptors (Lipinski definition) is 2. The SMILES string of the molecule is Cc1ccnc2nc(-c3cccc(Cl)c3Cl)[nH]c12. The Hall–Kier alpha value is -1.58. The molecular formula is C13H9Cl2N3. The molecular weight excluding hydrogens is 269 g/mol. The predicted molar refractivity (Wildman–Crippen MR) is 74.1 cm³/mol. The average molecular weight is 278 g/mol. The number of fused-ring (bicyclic) bond motifs is 1. The van der Waals surface area contributed by atoms with Gasteiger partial charge in [-0.1, -0.05) is 29.3 Å². The number of rotatable bonds is 1. The van der Waals surface area contributed by atoms with Crippen molar-refractivity contribution >= 4 is 34.4 Å². The van der Waals surface area contributed by atoms with Crippen molar-refractivity contribution in [3.8, 4) is 11.4 Å². The van der Waals surface area contributed by atoms with E-state index in [4.69, 9.17) is 23.2 Å². The quantitative estimate of drug-likeness (QED) is 0.723. The molecule has 18 heavy (non-hydrogen) atoms. The topological polar surface area (TPSA) is 41.6 Å². The van der Waals surface area contributed by atoms with Crippen LogP contribution in [0.25, 0.3) is 22.6 Å². The van der Waals surface area contributed by atoms with E-state index in [1.54, 1.807) is 12.3 Å². The van der Waals surface area contributed by atoms with Crippen molar-refractivity contribution in [1.29, 1.82) is 0 Å². The first-order valence-corrected chi connectivity index (χ1v) is 6.18. The van der Waals surface area contributed by atoms with E-state index >= 15 is 0 Å². The highest BCUT2D eigenvalue weighted by Gasteiger charge is 2.12. The molecule has 0 atom stereocenters. The largest absolute Gasteiger partial charge is 0.336 e. The van der Waals surface area contributed by atoms with Gasteiger partial charge < -0.3 is 4.98 Å². The number of H-pyrrole nitrogens is 1. The fourth-order valence-electron chi connectivity index (χ4n) is 1.85. The summed E-state index contributed by atoms with van der Waals surface area (Å²) >= 11 is 12.2. The first-order chi connectivity index (χ1) is 8.66. The number of aryl methyl sites for hydroxylation is 1. The summed E-state index contributed by atoms with van der Waals surface area (Å²) in [5.41, 5.74) is 3.48. The monoisotopic (exact) mass is 277 g/mol. The van der Waals surface area contributed by atoms with Gasteiger partial charge in [-0.3, -0.25) is 0 Å². The van der Waals surface area contributed by atoms with Crippen LogP contribution in [-0.2, 0) is 0 Å². The standard InChI is InChI=1S/C13H9Cl2N3/c1-7-5-6-16-13-11(7)17-12(18-13)8-3-2-4-9(14)10(8)15/h2-6H,1H3,(H,16,17,18). The molecule has 0 unspecified atom stereocenters. The van der Waals surface area contributed by atoms with Gasteiger partial charge in [0.05, 0.1) is 15.6 Å². The fraction of sp³-hybridized carbons (Fsp3) is 0.0769. The molecule has 0 fully saturated rings. The first-order valence-electron chi connectivity index (χ1n) is 5.42. The molecule has 3 aromatic rings. The Balaban J connectivity index is 2.26. The summed E-state index contributed by atoms with van der Waals surface area (Å²) < 4.78 is 0. The zero-order valence-corrected chi connectivity index (χ0v) is 11.0. The number of aromatic amines is 1. The van der Waals surface area contributed by atoms with Gasteiger partial charge >= 0.3 is 0 Å². The predicted octanol–water partition coefficient (Wildman–Crippen LogP) is 4.24. The Morgan fingerprint density at radius 3 is 2.78 bits per heavy atom. The van der Waals surface area contributed by atoms with Crippen molar-refractivity contribution < 1.29 is 0 Å². The van der Waals surface area contributed by atoms with Gasteiger partial charge in [0.25, 0.3) is 0 Å². The molecule has 0 amide bonds. The van der Waals surface area contributed by atoms with E-state index in [1.807, 2.05) is 25.1 Å². The van der Waals surface area contributed by atoms with Crippen molar-refractivity contribution in [1.82, 2.24) is 15.0 Å². The van der Waals surface area contributed by atoms with E-state index in [9.17, 15) is 0 Å². The third-order valence-electron chi connectivity index (χ3n) is 2.81. The maximum absolute atomic E-state index is 6.18. The van der Waals surface area contributed by atoms with Crippen molar-refractivity contribution in [3.05, 3.63) is 46.1 Å². The number of halogens is 2. The number of imidazole rings is 1. The smallest absolute Gasteiger partial charge is 0.178 e. The number of nitrogens with one attached hydrogen (secondary N) is 1. The van der Waals surface area contributed by atoms with Gasteiger partial charge in [-0.25, -0.2) is 9.97 Å². The van der Waals surface area contributed by atoms with Gasteiger partial charge in [0.1, 0.15) is 5.82 Å². The van der Waals surface area contributed by atoms with Crippen LogP contribution in [0.1, 0.15) is 5.56 Å². The van der Waals surface area contributed by atoms with Crippen LogP contribution in [0.2, 0.25) is 10.0 Å². The zero-order chi connectivity index (χ0) is 12.7. The molecule has 0 aliphatic carbocycles. The van der Waals surface area contributed by atoms with Crippen LogP contribution in [0.5, 0.6) is 0 Å². The average Bonchev–Trinajstić information content (AvgIpc) is 2.78. The Morgan fingerprint density at radius 1 is 1.17 bits per heavy atom. The normalized spacial score (nSPS) is 11.1. The molecule has 0 spiro atoms. The second-order valence-corrected chi connectivity index (χ2v) is 4.80. The van der Waals surface area contributed by atoms with Crippen molar-refractivity contribution in [2.24, 2.45) is 0 Å². The second kappa shape index (κ2) is 4.26. The van der Waals surface area contributed by atoms with Gasteiger partial charge in [-0.2, -0.15) is 0 Å². The summed E-state index contributed by atoms with van der Waals surface area (Å²) in [6, 6.07) is 7.40. The van der Waals surface area contributed by atoms with Gasteiger partial charge in [-0.15, -0.1) is 0 Å². The molecule has 0 aliphatic heterocycles. The lowest BCUT2D eigenvalue weighted by Gasteiger charge is -2.01. The summed E-state index contributed by atoms with van der Waals surface area (Å²) in [7, 11) is 0. The zero-order valence-electron chi connectivity index (χ0n) is 9.54. The summed E-state index contributed by atoms with van der Waals surface area (Å²) in [5, 5.41) is 1.01. The van der Waals surface area contributed by atoms with Crippen LogP contribution >= 0.6 is 23.2 Å². The van der Waals surface area contributed by atoms with E-state index < -0.39 is 0 Å².